The molecule has 2 heterocycles. The molecule has 1 unspecified atom stereocenters. The third-order valence-corrected chi connectivity index (χ3v) is 3.18. The third-order valence-electron chi connectivity index (χ3n) is 3.18. The zero-order valence-electron chi connectivity index (χ0n) is 9.49. The zero-order chi connectivity index (χ0) is 11.7. The number of rotatable bonds is 2. The van der Waals surface area contributed by atoms with Crippen LogP contribution in [0.3, 0.4) is 0 Å². The van der Waals surface area contributed by atoms with Crippen LogP contribution in [-0.2, 0) is 4.79 Å². The minimum atomic E-state index is -0.0348. The van der Waals surface area contributed by atoms with E-state index in [0.717, 1.165) is 18.7 Å². The van der Waals surface area contributed by atoms with Gasteiger partial charge in [-0.2, -0.15) is 5.11 Å². The Morgan fingerprint density at radius 2 is 2.06 bits per heavy atom. The van der Waals surface area contributed by atoms with Crippen molar-refractivity contribution in [2.45, 2.75) is 19.0 Å². The second-order valence-electron chi connectivity index (χ2n) is 4.26. The number of carbonyl (C=O) groups excluding carboxylic acids is 1. The van der Waals surface area contributed by atoms with Gasteiger partial charge < -0.3 is 4.90 Å². The van der Waals surface area contributed by atoms with Crippen molar-refractivity contribution in [3.05, 3.63) is 30.3 Å². The molecule has 3 rings (SSSR count). The fourth-order valence-electron chi connectivity index (χ4n) is 2.33. The van der Waals surface area contributed by atoms with Crippen molar-refractivity contribution < 1.29 is 4.79 Å². The van der Waals surface area contributed by atoms with Crippen LogP contribution in [0.15, 0.2) is 40.7 Å². The van der Waals surface area contributed by atoms with Crippen molar-refractivity contribution in [1.29, 1.82) is 0 Å². The molecule has 0 saturated carbocycles. The van der Waals surface area contributed by atoms with Crippen LogP contribution >= 0.6 is 0 Å². The number of benzene rings is 1. The Kier molecular flexibility index (Phi) is 2.51. The lowest BCUT2D eigenvalue weighted by Gasteiger charge is -2.29. The minimum absolute atomic E-state index is 0.0348. The van der Waals surface area contributed by atoms with Crippen molar-refractivity contribution in [3.8, 4) is 0 Å². The van der Waals surface area contributed by atoms with Crippen LogP contribution in [0.1, 0.15) is 12.8 Å². The molecule has 1 atom stereocenters. The van der Waals surface area contributed by atoms with Crippen LogP contribution in [0.25, 0.3) is 0 Å². The SMILES string of the molecule is O=C1CCCN1C1CN=NN1c1ccccc1. The van der Waals surface area contributed by atoms with Crippen LogP contribution in [-0.4, -0.2) is 30.1 Å². The summed E-state index contributed by atoms with van der Waals surface area (Å²) >= 11 is 0. The molecule has 5 heteroatoms. The van der Waals surface area contributed by atoms with Crippen molar-refractivity contribution in [2.75, 3.05) is 18.1 Å². The van der Waals surface area contributed by atoms with E-state index >= 15 is 0 Å². The first-order valence-corrected chi connectivity index (χ1v) is 5.87. The van der Waals surface area contributed by atoms with E-state index < -0.39 is 0 Å². The van der Waals surface area contributed by atoms with Gasteiger partial charge in [0, 0.05) is 13.0 Å². The molecule has 0 aromatic heterocycles. The maximum atomic E-state index is 11.8. The van der Waals surface area contributed by atoms with Crippen molar-refractivity contribution in [2.24, 2.45) is 10.3 Å². The van der Waals surface area contributed by atoms with Gasteiger partial charge in [-0.1, -0.05) is 23.4 Å². The van der Waals surface area contributed by atoms with E-state index in [9.17, 15) is 4.79 Å². The number of anilines is 1. The lowest BCUT2D eigenvalue weighted by molar-refractivity contribution is -0.129. The molecule has 2 aliphatic heterocycles. The highest BCUT2D eigenvalue weighted by molar-refractivity contribution is 5.79. The first kappa shape index (κ1) is 10.3. The summed E-state index contributed by atoms with van der Waals surface area (Å²) in [5.74, 6) is 0.211. The van der Waals surface area contributed by atoms with Crippen molar-refractivity contribution in [1.82, 2.24) is 4.90 Å². The number of para-hydroxylation sites is 1. The minimum Gasteiger partial charge on any atom is -0.319 e. The van der Waals surface area contributed by atoms with Gasteiger partial charge in [0.15, 0.2) is 0 Å². The summed E-state index contributed by atoms with van der Waals surface area (Å²) in [5.41, 5.74) is 0.985. The Labute approximate surface area is 99.7 Å². The highest BCUT2D eigenvalue weighted by Crippen LogP contribution is 2.26. The molecule has 1 fully saturated rings. The van der Waals surface area contributed by atoms with Gasteiger partial charge in [-0.3, -0.25) is 4.79 Å². The van der Waals surface area contributed by atoms with Crippen molar-refractivity contribution >= 4 is 11.6 Å². The Hall–Kier alpha value is -1.91. The van der Waals surface area contributed by atoms with E-state index in [1.165, 1.54) is 0 Å². The lowest BCUT2D eigenvalue weighted by Crippen LogP contribution is -2.46. The van der Waals surface area contributed by atoms with Gasteiger partial charge in [0.25, 0.3) is 0 Å². The molecule has 0 radical (unpaired) electrons. The number of carbonyl (C=O) groups is 1. The molecule has 0 spiro atoms. The predicted octanol–water partition coefficient (Wildman–Crippen LogP) is 1.82. The monoisotopic (exact) mass is 230 g/mol. The average Bonchev–Trinajstić information content (AvgIpc) is 2.98. The molecule has 1 aromatic rings. The van der Waals surface area contributed by atoms with E-state index in [1.54, 1.807) is 0 Å². The van der Waals surface area contributed by atoms with Gasteiger partial charge >= 0.3 is 0 Å². The lowest BCUT2D eigenvalue weighted by atomic mass is 10.3. The largest absolute Gasteiger partial charge is 0.319 e. The highest BCUT2D eigenvalue weighted by atomic mass is 16.2. The molecule has 17 heavy (non-hydrogen) atoms. The van der Waals surface area contributed by atoms with Gasteiger partial charge in [0.05, 0.1) is 5.69 Å². The Morgan fingerprint density at radius 3 is 2.76 bits per heavy atom. The van der Waals surface area contributed by atoms with Crippen LogP contribution in [0.5, 0.6) is 0 Å². The Bertz CT molecular complexity index is 445. The summed E-state index contributed by atoms with van der Waals surface area (Å²) in [7, 11) is 0. The van der Waals surface area contributed by atoms with Gasteiger partial charge in [-0.05, 0) is 18.6 Å². The summed E-state index contributed by atoms with van der Waals surface area (Å²) in [6.07, 6.45) is 1.56. The molecular weight excluding hydrogens is 216 g/mol. The van der Waals surface area contributed by atoms with Crippen LogP contribution in [0, 0.1) is 0 Å². The van der Waals surface area contributed by atoms with E-state index in [1.807, 2.05) is 40.2 Å². The van der Waals surface area contributed by atoms with Crippen LogP contribution in [0.2, 0.25) is 0 Å². The summed E-state index contributed by atoms with van der Waals surface area (Å²) in [4.78, 5) is 13.6. The summed E-state index contributed by atoms with van der Waals surface area (Å²) in [5, 5.41) is 10.0. The quantitative estimate of drug-likeness (QED) is 0.778. The molecule has 0 aliphatic carbocycles. The second kappa shape index (κ2) is 4.16. The van der Waals surface area contributed by atoms with Crippen LogP contribution in [0.4, 0.5) is 5.69 Å². The molecule has 1 amide bonds. The molecule has 5 nitrogen and oxygen atoms in total. The molecule has 88 valence electrons. The number of nitrogens with zero attached hydrogens (tertiary/aromatic N) is 4. The molecule has 2 aliphatic rings. The van der Waals surface area contributed by atoms with E-state index in [2.05, 4.69) is 10.3 Å². The maximum absolute atomic E-state index is 11.8. The fourth-order valence-corrected chi connectivity index (χ4v) is 2.33. The molecule has 0 N–H and O–H groups in total. The third kappa shape index (κ3) is 1.77. The second-order valence-corrected chi connectivity index (χ2v) is 4.26. The molecule has 0 bridgehead atoms. The summed E-state index contributed by atoms with van der Waals surface area (Å²) in [6.45, 7) is 1.39. The van der Waals surface area contributed by atoms with Gasteiger partial charge in [0.2, 0.25) is 5.91 Å². The number of amides is 1. The first-order chi connectivity index (χ1) is 8.36. The number of hydrogen-bond donors (Lipinski definition) is 0. The van der Waals surface area contributed by atoms with Gasteiger partial charge in [-0.15, -0.1) is 0 Å². The smallest absolute Gasteiger partial charge is 0.224 e. The topological polar surface area (TPSA) is 48.3 Å². The molecule has 1 aromatic carbocycles. The summed E-state index contributed by atoms with van der Waals surface area (Å²) in [6, 6.07) is 9.86. The zero-order valence-corrected chi connectivity index (χ0v) is 9.49. The van der Waals surface area contributed by atoms with Crippen LogP contribution < -0.4 is 5.01 Å². The number of likely N-dealkylation sites (tertiary alicyclic amines) is 1. The van der Waals surface area contributed by atoms with Gasteiger partial charge in [0.1, 0.15) is 12.7 Å². The maximum Gasteiger partial charge on any atom is 0.224 e. The van der Waals surface area contributed by atoms with E-state index in [0.29, 0.717) is 13.0 Å². The van der Waals surface area contributed by atoms with E-state index in [4.69, 9.17) is 0 Å². The Balaban J connectivity index is 1.84. The van der Waals surface area contributed by atoms with E-state index in [-0.39, 0.29) is 12.1 Å². The summed E-state index contributed by atoms with van der Waals surface area (Å²) < 4.78 is 0. The predicted molar refractivity (Wildman–Crippen MR) is 63.4 cm³/mol. The fraction of sp³-hybridized carbons (Fsp3) is 0.417. The average molecular weight is 230 g/mol. The standard InChI is InChI=1S/C12H14N4O/c17-12-7-4-8-15(12)11-9-13-14-16(11)10-5-2-1-3-6-10/h1-3,5-6,11H,4,7-9H2. The highest BCUT2D eigenvalue weighted by Gasteiger charge is 2.35. The van der Waals surface area contributed by atoms with Gasteiger partial charge in [-0.25, -0.2) is 5.01 Å². The molecular formula is C12H14N4O. The normalized spacial score (nSPS) is 23.8. The first-order valence-electron chi connectivity index (χ1n) is 5.87. The van der Waals surface area contributed by atoms with Crippen molar-refractivity contribution in [3.63, 3.8) is 0 Å². The number of hydrogen-bond acceptors (Lipinski definition) is 4. The Morgan fingerprint density at radius 1 is 1.24 bits per heavy atom. The molecule has 1 saturated heterocycles.